The minimum atomic E-state index is -0.243. The lowest BCUT2D eigenvalue weighted by Gasteiger charge is -2.33. The molecule has 8 heteroatoms. The Balaban J connectivity index is 1.49. The number of hydrogen-bond acceptors (Lipinski definition) is 5. The van der Waals surface area contributed by atoms with Gasteiger partial charge in [0.15, 0.2) is 0 Å². The number of pyridine rings is 2. The van der Waals surface area contributed by atoms with Crippen LogP contribution in [0.15, 0.2) is 53.3 Å². The normalized spacial score (nSPS) is 18.4. The van der Waals surface area contributed by atoms with Gasteiger partial charge in [0.2, 0.25) is 0 Å². The third-order valence-corrected chi connectivity index (χ3v) is 6.21. The Morgan fingerprint density at radius 1 is 0.968 bits per heavy atom. The van der Waals surface area contributed by atoms with E-state index in [1.165, 1.54) is 0 Å². The molecule has 0 unspecified atom stereocenters. The Morgan fingerprint density at radius 2 is 1.68 bits per heavy atom. The highest BCUT2D eigenvalue weighted by Crippen LogP contribution is 2.23. The molecular formula is C23H24BrN5O2. The van der Waals surface area contributed by atoms with Gasteiger partial charge in [-0.3, -0.25) is 14.6 Å². The average Bonchev–Trinajstić information content (AvgIpc) is 2.80. The van der Waals surface area contributed by atoms with Gasteiger partial charge in [-0.15, -0.1) is 0 Å². The number of halogens is 1. The van der Waals surface area contributed by atoms with Gasteiger partial charge in [-0.1, -0.05) is 25.0 Å². The van der Waals surface area contributed by atoms with E-state index in [1.807, 2.05) is 24.3 Å². The first-order valence-corrected chi connectivity index (χ1v) is 11.1. The molecule has 1 aliphatic rings. The molecule has 0 saturated heterocycles. The number of nitrogens with one attached hydrogen (secondary N) is 3. The smallest absolute Gasteiger partial charge is 0.270 e. The monoisotopic (exact) mass is 481 g/mol. The summed E-state index contributed by atoms with van der Waals surface area (Å²) in [5.41, 5.74) is 2.41. The van der Waals surface area contributed by atoms with Crippen LogP contribution in [-0.4, -0.2) is 40.9 Å². The van der Waals surface area contributed by atoms with Crippen molar-refractivity contribution in [3.05, 3.63) is 64.5 Å². The summed E-state index contributed by atoms with van der Waals surface area (Å²) < 4.78 is 0.741. The number of carbonyl (C=O) groups excluding carboxylic acids is 2. The first-order chi connectivity index (χ1) is 15.1. The second-order valence-corrected chi connectivity index (χ2v) is 8.48. The molecule has 3 N–H and O–H groups in total. The van der Waals surface area contributed by atoms with E-state index in [-0.39, 0.29) is 23.9 Å². The first-order valence-electron chi connectivity index (χ1n) is 10.4. The van der Waals surface area contributed by atoms with Crippen molar-refractivity contribution < 1.29 is 9.59 Å². The molecule has 0 radical (unpaired) electrons. The fraction of sp³-hybridized carbons (Fsp3) is 0.304. The van der Waals surface area contributed by atoms with Crippen LogP contribution in [0.1, 0.15) is 46.5 Å². The van der Waals surface area contributed by atoms with Crippen LogP contribution in [0.25, 0.3) is 10.9 Å². The summed E-state index contributed by atoms with van der Waals surface area (Å²) in [5.74, 6) is -0.385. The van der Waals surface area contributed by atoms with E-state index in [1.54, 1.807) is 31.6 Å². The van der Waals surface area contributed by atoms with Crippen LogP contribution in [-0.2, 0) is 0 Å². The molecule has 31 heavy (non-hydrogen) atoms. The molecule has 2 aromatic heterocycles. The number of nitrogens with zero attached hydrogens (tertiary/aromatic N) is 2. The molecule has 0 aliphatic heterocycles. The van der Waals surface area contributed by atoms with Crippen LogP contribution in [0.2, 0.25) is 0 Å². The van der Waals surface area contributed by atoms with Gasteiger partial charge in [0.25, 0.3) is 11.8 Å². The van der Waals surface area contributed by atoms with E-state index >= 15 is 0 Å². The lowest BCUT2D eigenvalue weighted by atomic mass is 9.89. The molecule has 2 amide bonds. The highest BCUT2D eigenvalue weighted by Gasteiger charge is 2.29. The summed E-state index contributed by atoms with van der Waals surface area (Å²) >= 11 is 3.44. The van der Waals surface area contributed by atoms with Crippen molar-refractivity contribution in [3.8, 4) is 0 Å². The van der Waals surface area contributed by atoms with Crippen LogP contribution in [0, 0.1) is 0 Å². The zero-order valence-corrected chi connectivity index (χ0v) is 18.8. The van der Waals surface area contributed by atoms with Gasteiger partial charge in [-0.25, -0.2) is 4.98 Å². The summed E-state index contributed by atoms with van der Waals surface area (Å²) in [7, 11) is 1.79. The number of carbonyl (C=O) groups is 2. The van der Waals surface area contributed by atoms with Gasteiger partial charge in [-0.05, 0) is 53.0 Å². The topological polar surface area (TPSA) is 96.0 Å². The molecule has 2 atom stereocenters. The van der Waals surface area contributed by atoms with E-state index in [0.717, 1.165) is 41.2 Å². The third kappa shape index (κ3) is 4.69. The Kier molecular flexibility index (Phi) is 6.46. The number of rotatable bonds is 5. The Morgan fingerprint density at radius 3 is 2.42 bits per heavy atom. The van der Waals surface area contributed by atoms with E-state index in [9.17, 15) is 9.59 Å². The summed E-state index contributed by atoms with van der Waals surface area (Å²) in [4.78, 5) is 34.5. The van der Waals surface area contributed by atoms with E-state index in [2.05, 4.69) is 41.8 Å². The summed E-state index contributed by atoms with van der Waals surface area (Å²) in [6.07, 6.45) is 7.02. The quantitative estimate of drug-likeness (QED) is 0.513. The summed E-state index contributed by atoms with van der Waals surface area (Å²) in [5, 5.41) is 10.1. The highest BCUT2D eigenvalue weighted by molar-refractivity contribution is 9.10. The highest BCUT2D eigenvalue weighted by atomic mass is 79.9. The van der Waals surface area contributed by atoms with Crippen molar-refractivity contribution in [1.82, 2.24) is 20.6 Å². The minimum Gasteiger partial charge on any atom is -0.387 e. The number of hydrogen-bond donors (Lipinski definition) is 3. The molecule has 0 bridgehead atoms. The predicted molar refractivity (Wildman–Crippen MR) is 124 cm³/mol. The molecule has 1 fully saturated rings. The largest absolute Gasteiger partial charge is 0.387 e. The minimum absolute atomic E-state index is 0.133. The molecule has 2 heterocycles. The van der Waals surface area contributed by atoms with Gasteiger partial charge in [-0.2, -0.15) is 0 Å². The zero-order chi connectivity index (χ0) is 21.8. The van der Waals surface area contributed by atoms with Crippen molar-refractivity contribution in [2.24, 2.45) is 0 Å². The Hall–Kier alpha value is -3.00. The maximum absolute atomic E-state index is 12.9. The van der Waals surface area contributed by atoms with Crippen LogP contribution >= 0.6 is 15.9 Å². The van der Waals surface area contributed by atoms with Crippen molar-refractivity contribution in [3.63, 3.8) is 0 Å². The molecule has 4 rings (SSSR count). The molecule has 0 spiro atoms. The number of benzene rings is 1. The van der Waals surface area contributed by atoms with Gasteiger partial charge in [0, 0.05) is 42.6 Å². The van der Waals surface area contributed by atoms with Gasteiger partial charge >= 0.3 is 0 Å². The average molecular weight is 482 g/mol. The first kappa shape index (κ1) is 21.2. The molecule has 7 nitrogen and oxygen atoms in total. The lowest BCUT2D eigenvalue weighted by Crippen LogP contribution is -2.53. The van der Waals surface area contributed by atoms with Crippen LogP contribution < -0.4 is 16.0 Å². The van der Waals surface area contributed by atoms with Crippen LogP contribution in [0.4, 0.5) is 5.69 Å². The zero-order valence-electron chi connectivity index (χ0n) is 17.2. The van der Waals surface area contributed by atoms with Crippen molar-refractivity contribution in [2.75, 3.05) is 12.4 Å². The fourth-order valence-corrected chi connectivity index (χ4v) is 4.44. The van der Waals surface area contributed by atoms with Crippen LogP contribution in [0.5, 0.6) is 0 Å². The van der Waals surface area contributed by atoms with Crippen molar-refractivity contribution in [2.45, 2.75) is 37.8 Å². The van der Waals surface area contributed by atoms with Gasteiger partial charge in [0.1, 0.15) is 5.69 Å². The number of fused-ring (bicyclic) bond motifs is 1. The third-order valence-electron chi connectivity index (χ3n) is 5.63. The van der Waals surface area contributed by atoms with E-state index in [0.29, 0.717) is 16.8 Å². The molecule has 160 valence electrons. The number of para-hydroxylation sites is 1. The summed E-state index contributed by atoms with van der Waals surface area (Å²) in [6, 6.07) is 10.6. The lowest BCUT2D eigenvalue weighted by molar-refractivity contribution is 0.0860. The number of amides is 2. The molecular weight excluding hydrogens is 458 g/mol. The predicted octanol–water partition coefficient (Wildman–Crippen LogP) is 3.91. The Bertz CT molecular complexity index is 1120. The van der Waals surface area contributed by atoms with E-state index in [4.69, 9.17) is 0 Å². The van der Waals surface area contributed by atoms with Gasteiger partial charge < -0.3 is 16.0 Å². The van der Waals surface area contributed by atoms with Crippen LogP contribution in [0.3, 0.4) is 0 Å². The maximum Gasteiger partial charge on any atom is 0.270 e. The molecule has 1 aliphatic carbocycles. The second kappa shape index (κ2) is 9.43. The van der Waals surface area contributed by atoms with E-state index < -0.39 is 0 Å². The number of aromatic nitrogens is 2. The van der Waals surface area contributed by atoms with Gasteiger partial charge in [0.05, 0.1) is 15.6 Å². The SMILES string of the molecule is CNc1ccccc1C(=O)N[C@@H]1CCCC[C@H]1NC(=O)c1ccc2cncc(Br)c2n1. The Labute approximate surface area is 189 Å². The van der Waals surface area contributed by atoms with Crippen molar-refractivity contribution >= 4 is 44.3 Å². The maximum atomic E-state index is 12.9. The molecule has 1 saturated carbocycles. The standard InChI is InChI=1S/C23H24BrN5O2/c1-25-17-7-3-2-6-15(17)22(30)28-18-8-4-5-9-19(18)29-23(31)20-11-10-14-12-26-13-16(24)21(14)27-20/h2-3,6-7,10-13,18-19,25H,4-5,8-9H2,1H3,(H,28,30)(H,29,31)/t18-,19-/m1/s1. The fourth-order valence-electron chi connectivity index (χ4n) is 4.00. The molecule has 3 aromatic rings. The second-order valence-electron chi connectivity index (χ2n) is 7.63. The van der Waals surface area contributed by atoms with Crippen molar-refractivity contribution in [1.29, 1.82) is 0 Å². The molecule has 1 aromatic carbocycles. The summed E-state index contributed by atoms with van der Waals surface area (Å²) in [6.45, 7) is 0. The number of anilines is 1.